The molecule has 0 spiro atoms. The van der Waals surface area contributed by atoms with Crippen LogP contribution >= 0.6 is 11.8 Å². The number of aromatic amines is 1. The average Bonchev–Trinajstić information content (AvgIpc) is 2.55. The molecule has 3 aromatic heterocycles. The number of H-pyrrole nitrogens is 1. The second-order valence-electron chi connectivity index (χ2n) is 5.04. The number of hydrogen-bond acceptors (Lipinski definition) is 5. The predicted molar refractivity (Wildman–Crippen MR) is 92.3 cm³/mol. The summed E-state index contributed by atoms with van der Waals surface area (Å²) in [7, 11) is 0. The maximum absolute atomic E-state index is 12.3. The SMILES string of the molecule is Cc1cc(C(=O)Nc2ccnc(Sc3ccccn3)c2)[nH]c(=O)c1. The lowest BCUT2D eigenvalue weighted by Gasteiger charge is -2.07. The highest BCUT2D eigenvalue weighted by Crippen LogP contribution is 2.25. The van der Waals surface area contributed by atoms with Crippen molar-refractivity contribution in [3.05, 3.63) is 76.5 Å². The van der Waals surface area contributed by atoms with E-state index in [-0.39, 0.29) is 17.2 Å². The molecule has 0 saturated heterocycles. The summed E-state index contributed by atoms with van der Waals surface area (Å²) in [4.78, 5) is 34.7. The lowest BCUT2D eigenvalue weighted by Crippen LogP contribution is -2.18. The van der Waals surface area contributed by atoms with Crippen LogP contribution in [0.4, 0.5) is 5.69 Å². The molecule has 7 heteroatoms. The minimum Gasteiger partial charge on any atom is -0.321 e. The fourth-order valence-electron chi connectivity index (χ4n) is 2.06. The van der Waals surface area contributed by atoms with Crippen molar-refractivity contribution in [3.63, 3.8) is 0 Å². The molecule has 0 radical (unpaired) electrons. The van der Waals surface area contributed by atoms with Crippen LogP contribution < -0.4 is 10.9 Å². The molecule has 120 valence electrons. The standard InChI is InChI=1S/C17H14N4O2S/c1-11-8-13(21-14(22)9-11)17(23)20-12-5-7-19-16(10-12)24-15-4-2-3-6-18-15/h2-10H,1H3,(H,21,22)(H,19,20,23). The summed E-state index contributed by atoms with van der Waals surface area (Å²) in [5.41, 5.74) is 1.23. The number of hydrogen-bond donors (Lipinski definition) is 2. The summed E-state index contributed by atoms with van der Waals surface area (Å²) in [6.45, 7) is 1.76. The van der Waals surface area contributed by atoms with E-state index in [2.05, 4.69) is 20.3 Å². The summed E-state index contributed by atoms with van der Waals surface area (Å²) in [6, 6.07) is 12.1. The van der Waals surface area contributed by atoms with Crippen LogP contribution in [0.25, 0.3) is 0 Å². The summed E-state index contributed by atoms with van der Waals surface area (Å²) < 4.78 is 0. The molecular weight excluding hydrogens is 324 g/mol. The maximum Gasteiger partial charge on any atom is 0.272 e. The Balaban J connectivity index is 1.77. The van der Waals surface area contributed by atoms with Crippen LogP contribution in [0.5, 0.6) is 0 Å². The molecule has 0 aromatic carbocycles. The van der Waals surface area contributed by atoms with Crippen molar-refractivity contribution in [2.24, 2.45) is 0 Å². The normalized spacial score (nSPS) is 10.4. The van der Waals surface area contributed by atoms with Crippen molar-refractivity contribution >= 4 is 23.4 Å². The topological polar surface area (TPSA) is 87.7 Å². The molecule has 0 saturated carbocycles. The number of aromatic nitrogens is 3. The molecule has 3 aromatic rings. The maximum atomic E-state index is 12.3. The van der Waals surface area contributed by atoms with Gasteiger partial charge in [-0.3, -0.25) is 9.59 Å². The van der Waals surface area contributed by atoms with E-state index >= 15 is 0 Å². The third-order valence-corrected chi connectivity index (χ3v) is 3.96. The highest BCUT2D eigenvalue weighted by molar-refractivity contribution is 7.99. The van der Waals surface area contributed by atoms with Crippen molar-refractivity contribution in [3.8, 4) is 0 Å². The molecule has 1 amide bonds. The quantitative estimate of drug-likeness (QED) is 0.764. The van der Waals surface area contributed by atoms with Gasteiger partial charge in [0, 0.05) is 24.1 Å². The minimum absolute atomic E-state index is 0.218. The number of pyridine rings is 3. The third kappa shape index (κ3) is 4.08. The van der Waals surface area contributed by atoms with Gasteiger partial charge in [0.25, 0.3) is 5.91 Å². The Morgan fingerprint density at radius 1 is 1.08 bits per heavy atom. The van der Waals surface area contributed by atoms with Crippen LogP contribution in [0.15, 0.2) is 69.7 Å². The van der Waals surface area contributed by atoms with Crippen LogP contribution in [0.2, 0.25) is 0 Å². The van der Waals surface area contributed by atoms with Gasteiger partial charge in [0.1, 0.15) is 15.7 Å². The largest absolute Gasteiger partial charge is 0.321 e. The van der Waals surface area contributed by atoms with E-state index in [0.717, 1.165) is 10.6 Å². The first kappa shape index (κ1) is 15.9. The number of anilines is 1. The first-order valence-corrected chi connectivity index (χ1v) is 7.99. The van der Waals surface area contributed by atoms with Gasteiger partial charge in [-0.2, -0.15) is 0 Å². The van der Waals surface area contributed by atoms with E-state index in [9.17, 15) is 9.59 Å². The summed E-state index contributed by atoms with van der Waals surface area (Å²) >= 11 is 1.40. The molecule has 0 fully saturated rings. The summed E-state index contributed by atoms with van der Waals surface area (Å²) in [6.07, 6.45) is 3.32. The molecule has 3 heterocycles. The molecule has 0 aliphatic rings. The summed E-state index contributed by atoms with van der Waals surface area (Å²) in [5.74, 6) is -0.379. The van der Waals surface area contributed by atoms with Gasteiger partial charge in [0.15, 0.2) is 0 Å². The second kappa shape index (κ2) is 7.10. The number of carbonyl (C=O) groups is 1. The van der Waals surface area contributed by atoms with E-state index in [4.69, 9.17) is 0 Å². The third-order valence-electron chi connectivity index (χ3n) is 3.07. The first-order valence-electron chi connectivity index (χ1n) is 7.17. The van der Waals surface area contributed by atoms with E-state index < -0.39 is 0 Å². The Kier molecular flexibility index (Phi) is 4.72. The van der Waals surface area contributed by atoms with Crippen LogP contribution in [-0.4, -0.2) is 20.9 Å². The number of rotatable bonds is 4. The fraction of sp³-hybridized carbons (Fsp3) is 0.0588. The van der Waals surface area contributed by atoms with E-state index in [1.807, 2.05) is 18.2 Å². The van der Waals surface area contributed by atoms with Crippen molar-refractivity contribution in [1.29, 1.82) is 0 Å². The Morgan fingerprint density at radius 3 is 2.67 bits per heavy atom. The number of amides is 1. The van der Waals surface area contributed by atoms with Crippen LogP contribution in [0, 0.1) is 6.92 Å². The predicted octanol–water partition coefficient (Wildman–Crippen LogP) is 2.88. The van der Waals surface area contributed by atoms with Gasteiger partial charge < -0.3 is 10.3 Å². The molecule has 0 atom stereocenters. The van der Waals surface area contributed by atoms with Gasteiger partial charge in [0.05, 0.1) is 0 Å². The zero-order valence-electron chi connectivity index (χ0n) is 12.8. The van der Waals surface area contributed by atoms with Crippen molar-refractivity contribution in [1.82, 2.24) is 15.0 Å². The number of nitrogens with zero attached hydrogens (tertiary/aromatic N) is 2. The average molecular weight is 338 g/mol. The fourth-order valence-corrected chi connectivity index (χ4v) is 2.83. The molecule has 0 aliphatic heterocycles. The lowest BCUT2D eigenvalue weighted by atomic mass is 10.2. The smallest absolute Gasteiger partial charge is 0.272 e. The number of aryl methyl sites for hydroxylation is 1. The second-order valence-corrected chi connectivity index (χ2v) is 6.08. The van der Waals surface area contributed by atoms with E-state index in [0.29, 0.717) is 10.7 Å². The van der Waals surface area contributed by atoms with Gasteiger partial charge >= 0.3 is 0 Å². The van der Waals surface area contributed by atoms with Gasteiger partial charge in [-0.05, 0) is 42.8 Å². The zero-order chi connectivity index (χ0) is 16.9. The Labute approximate surface area is 142 Å². The Bertz CT molecular complexity index is 925. The number of nitrogens with one attached hydrogen (secondary N) is 2. The Morgan fingerprint density at radius 2 is 1.92 bits per heavy atom. The van der Waals surface area contributed by atoms with Gasteiger partial charge in [-0.15, -0.1) is 0 Å². The van der Waals surface area contributed by atoms with Gasteiger partial charge in [-0.25, -0.2) is 9.97 Å². The molecular formula is C17H14N4O2S. The molecule has 2 N–H and O–H groups in total. The van der Waals surface area contributed by atoms with Crippen molar-refractivity contribution in [2.75, 3.05) is 5.32 Å². The molecule has 0 bridgehead atoms. The summed E-state index contributed by atoms with van der Waals surface area (Å²) in [5, 5.41) is 4.28. The Hall–Kier alpha value is -2.93. The molecule has 6 nitrogen and oxygen atoms in total. The van der Waals surface area contributed by atoms with E-state index in [1.165, 1.54) is 17.8 Å². The molecule has 0 unspecified atom stereocenters. The first-order chi connectivity index (χ1) is 11.6. The highest BCUT2D eigenvalue weighted by atomic mass is 32.2. The van der Waals surface area contributed by atoms with Crippen LogP contribution in [0.3, 0.4) is 0 Å². The monoisotopic (exact) mass is 338 g/mol. The highest BCUT2D eigenvalue weighted by Gasteiger charge is 2.09. The zero-order valence-corrected chi connectivity index (χ0v) is 13.6. The number of carbonyl (C=O) groups excluding carboxylic acids is 1. The molecule has 24 heavy (non-hydrogen) atoms. The van der Waals surface area contributed by atoms with Gasteiger partial charge in [-0.1, -0.05) is 17.8 Å². The van der Waals surface area contributed by atoms with Crippen molar-refractivity contribution in [2.45, 2.75) is 17.0 Å². The van der Waals surface area contributed by atoms with E-state index in [1.54, 1.807) is 37.5 Å². The minimum atomic E-state index is -0.379. The molecule has 0 aliphatic carbocycles. The van der Waals surface area contributed by atoms with Gasteiger partial charge in [0.2, 0.25) is 5.56 Å². The van der Waals surface area contributed by atoms with Crippen molar-refractivity contribution < 1.29 is 4.79 Å². The lowest BCUT2D eigenvalue weighted by molar-refractivity contribution is 0.102. The molecule has 3 rings (SSSR count). The van der Waals surface area contributed by atoms with Crippen LogP contribution in [-0.2, 0) is 0 Å². The van der Waals surface area contributed by atoms with Crippen LogP contribution in [0.1, 0.15) is 16.1 Å².